The third-order valence-corrected chi connectivity index (χ3v) is 6.30. The van der Waals surface area contributed by atoms with Gasteiger partial charge in [0.15, 0.2) is 6.61 Å². The molecule has 2 aromatic rings. The van der Waals surface area contributed by atoms with Crippen molar-refractivity contribution in [2.45, 2.75) is 37.2 Å². The standard InChI is InChI=1S/C25H28N2O5S/c1-2-30-20-12-10-19(11-13-20)27(15-6-14-26)24(28)17-32-25(29)22-8-3-4-9-23(22)33-18-21-7-5-16-31-21/h3-4,8-13,21H,2,5-7,15-18H2,1H3. The lowest BCUT2D eigenvalue weighted by molar-refractivity contribution is -0.121. The summed E-state index contributed by atoms with van der Waals surface area (Å²) in [4.78, 5) is 27.9. The summed E-state index contributed by atoms with van der Waals surface area (Å²) in [5.41, 5.74) is 1.04. The zero-order valence-corrected chi connectivity index (χ0v) is 19.5. The van der Waals surface area contributed by atoms with Gasteiger partial charge in [0, 0.05) is 29.5 Å². The van der Waals surface area contributed by atoms with Crippen LogP contribution in [0.4, 0.5) is 5.69 Å². The number of esters is 1. The summed E-state index contributed by atoms with van der Waals surface area (Å²) in [6, 6.07) is 16.3. The van der Waals surface area contributed by atoms with Gasteiger partial charge in [0.25, 0.3) is 5.91 Å². The third-order valence-electron chi connectivity index (χ3n) is 5.09. The normalized spacial score (nSPS) is 15.0. The Balaban J connectivity index is 1.62. The number of rotatable bonds is 11. The van der Waals surface area contributed by atoms with E-state index in [1.165, 1.54) is 4.90 Å². The average Bonchev–Trinajstić information content (AvgIpc) is 3.36. The van der Waals surface area contributed by atoms with E-state index >= 15 is 0 Å². The number of nitriles is 1. The molecule has 0 aliphatic carbocycles. The summed E-state index contributed by atoms with van der Waals surface area (Å²) in [5.74, 6) is 0.513. The van der Waals surface area contributed by atoms with Crippen molar-refractivity contribution < 1.29 is 23.8 Å². The molecule has 0 saturated carbocycles. The quantitative estimate of drug-likeness (QED) is 0.355. The number of nitrogens with zero attached hydrogens (tertiary/aromatic N) is 2. The van der Waals surface area contributed by atoms with Gasteiger partial charge >= 0.3 is 5.97 Å². The van der Waals surface area contributed by atoms with E-state index in [4.69, 9.17) is 19.5 Å². The van der Waals surface area contributed by atoms with Crippen molar-refractivity contribution in [3.8, 4) is 11.8 Å². The maximum atomic E-state index is 12.9. The van der Waals surface area contributed by atoms with Crippen LogP contribution >= 0.6 is 11.8 Å². The first-order valence-corrected chi connectivity index (χ1v) is 12.0. The molecule has 0 bridgehead atoms. The minimum Gasteiger partial charge on any atom is -0.494 e. The molecule has 1 fully saturated rings. The van der Waals surface area contributed by atoms with Gasteiger partial charge < -0.3 is 19.1 Å². The van der Waals surface area contributed by atoms with Crippen molar-refractivity contribution in [2.75, 3.05) is 37.0 Å². The van der Waals surface area contributed by atoms with Gasteiger partial charge in [-0.1, -0.05) is 12.1 Å². The van der Waals surface area contributed by atoms with Crippen LogP contribution in [0.15, 0.2) is 53.4 Å². The van der Waals surface area contributed by atoms with Crippen molar-refractivity contribution in [3.63, 3.8) is 0 Å². The lowest BCUT2D eigenvalue weighted by Gasteiger charge is -2.22. The lowest BCUT2D eigenvalue weighted by atomic mass is 10.2. The Morgan fingerprint density at radius 3 is 2.70 bits per heavy atom. The predicted molar refractivity (Wildman–Crippen MR) is 127 cm³/mol. The monoisotopic (exact) mass is 468 g/mol. The first-order valence-electron chi connectivity index (χ1n) is 11.0. The predicted octanol–water partition coefficient (Wildman–Crippen LogP) is 4.46. The van der Waals surface area contributed by atoms with Gasteiger partial charge in [-0.05, 0) is 56.2 Å². The van der Waals surface area contributed by atoms with Crippen LogP contribution in [0, 0.1) is 11.3 Å². The van der Waals surface area contributed by atoms with E-state index in [0.29, 0.717) is 23.6 Å². The molecule has 1 heterocycles. The second-order valence-corrected chi connectivity index (χ2v) is 8.46. The Bertz CT molecular complexity index is 968. The van der Waals surface area contributed by atoms with Gasteiger partial charge in [0.1, 0.15) is 5.75 Å². The fourth-order valence-corrected chi connectivity index (χ4v) is 4.56. The van der Waals surface area contributed by atoms with E-state index in [9.17, 15) is 9.59 Å². The van der Waals surface area contributed by atoms with Crippen LogP contribution in [0.5, 0.6) is 5.75 Å². The molecule has 8 heteroatoms. The number of hydrogen-bond donors (Lipinski definition) is 0. The molecule has 33 heavy (non-hydrogen) atoms. The van der Waals surface area contributed by atoms with Crippen molar-refractivity contribution in [3.05, 3.63) is 54.1 Å². The molecule has 1 unspecified atom stereocenters. The second-order valence-electron chi connectivity index (χ2n) is 7.40. The summed E-state index contributed by atoms with van der Waals surface area (Å²) in [6.45, 7) is 3.01. The van der Waals surface area contributed by atoms with Gasteiger partial charge in [0.2, 0.25) is 0 Å². The molecule has 0 radical (unpaired) electrons. The number of anilines is 1. The van der Waals surface area contributed by atoms with Crippen molar-refractivity contribution in [1.29, 1.82) is 5.26 Å². The van der Waals surface area contributed by atoms with Crippen molar-refractivity contribution in [2.24, 2.45) is 0 Å². The van der Waals surface area contributed by atoms with E-state index in [-0.39, 0.29) is 19.1 Å². The van der Waals surface area contributed by atoms with Crippen LogP contribution in [-0.2, 0) is 14.3 Å². The van der Waals surface area contributed by atoms with Crippen LogP contribution in [0.1, 0.15) is 36.5 Å². The lowest BCUT2D eigenvalue weighted by Crippen LogP contribution is -2.35. The van der Waals surface area contributed by atoms with Crippen molar-refractivity contribution in [1.82, 2.24) is 0 Å². The average molecular weight is 469 g/mol. The Kier molecular flexibility index (Phi) is 9.60. The molecular formula is C25H28N2O5S. The zero-order chi connectivity index (χ0) is 23.5. The number of carbonyl (C=O) groups excluding carboxylic acids is 2. The molecular weight excluding hydrogens is 440 g/mol. The van der Waals surface area contributed by atoms with Gasteiger partial charge in [0.05, 0.1) is 30.8 Å². The molecule has 174 valence electrons. The maximum absolute atomic E-state index is 12.9. The number of thioether (sulfide) groups is 1. The van der Waals surface area contributed by atoms with Crippen LogP contribution in [0.3, 0.4) is 0 Å². The molecule has 0 spiro atoms. The van der Waals surface area contributed by atoms with E-state index < -0.39 is 18.5 Å². The smallest absolute Gasteiger partial charge is 0.339 e. The van der Waals surface area contributed by atoms with Crippen LogP contribution in [-0.4, -0.2) is 50.1 Å². The molecule has 1 saturated heterocycles. The largest absolute Gasteiger partial charge is 0.494 e. The Hall–Kier alpha value is -3.02. The maximum Gasteiger partial charge on any atom is 0.339 e. The highest BCUT2D eigenvalue weighted by atomic mass is 32.2. The fourth-order valence-electron chi connectivity index (χ4n) is 3.45. The molecule has 1 aliphatic rings. The third kappa shape index (κ3) is 7.24. The summed E-state index contributed by atoms with van der Waals surface area (Å²) in [6.07, 6.45) is 2.45. The first kappa shape index (κ1) is 24.6. The molecule has 1 aliphatic heterocycles. The molecule has 1 amide bonds. The van der Waals surface area contributed by atoms with Crippen LogP contribution < -0.4 is 9.64 Å². The minimum absolute atomic E-state index is 0.162. The fraction of sp³-hybridized carbons (Fsp3) is 0.400. The number of carbonyl (C=O) groups is 2. The summed E-state index contributed by atoms with van der Waals surface area (Å²) in [7, 11) is 0. The van der Waals surface area contributed by atoms with Gasteiger partial charge in [-0.15, -0.1) is 11.8 Å². The number of ether oxygens (including phenoxy) is 3. The Morgan fingerprint density at radius 2 is 2.00 bits per heavy atom. The van der Waals surface area contributed by atoms with E-state index in [1.54, 1.807) is 48.2 Å². The molecule has 1 atom stereocenters. The van der Waals surface area contributed by atoms with Crippen molar-refractivity contribution >= 4 is 29.3 Å². The Labute approximate surface area is 198 Å². The Morgan fingerprint density at radius 1 is 1.21 bits per heavy atom. The summed E-state index contributed by atoms with van der Waals surface area (Å²) < 4.78 is 16.5. The summed E-state index contributed by atoms with van der Waals surface area (Å²) >= 11 is 1.56. The second kappa shape index (κ2) is 12.9. The molecule has 3 rings (SSSR count). The van der Waals surface area contributed by atoms with E-state index in [0.717, 1.165) is 30.1 Å². The molecule has 7 nitrogen and oxygen atoms in total. The molecule has 0 N–H and O–H groups in total. The SMILES string of the molecule is CCOc1ccc(N(CCC#N)C(=O)COC(=O)c2ccccc2SCC2CCCO2)cc1. The van der Waals surface area contributed by atoms with Gasteiger partial charge in [-0.25, -0.2) is 4.79 Å². The first-order chi connectivity index (χ1) is 16.1. The van der Waals surface area contributed by atoms with Crippen LogP contribution in [0.2, 0.25) is 0 Å². The number of benzene rings is 2. The number of amides is 1. The summed E-state index contributed by atoms with van der Waals surface area (Å²) in [5, 5.41) is 8.98. The van der Waals surface area contributed by atoms with Gasteiger partial charge in [-0.2, -0.15) is 5.26 Å². The van der Waals surface area contributed by atoms with Gasteiger partial charge in [-0.3, -0.25) is 4.79 Å². The number of hydrogen-bond acceptors (Lipinski definition) is 7. The highest BCUT2D eigenvalue weighted by Crippen LogP contribution is 2.27. The minimum atomic E-state index is -0.550. The van der Waals surface area contributed by atoms with E-state index in [2.05, 4.69) is 6.07 Å². The zero-order valence-electron chi connectivity index (χ0n) is 18.7. The topological polar surface area (TPSA) is 88.9 Å². The van der Waals surface area contributed by atoms with E-state index in [1.807, 2.05) is 19.1 Å². The van der Waals surface area contributed by atoms with Crippen LogP contribution in [0.25, 0.3) is 0 Å². The molecule has 2 aromatic carbocycles. The highest BCUT2D eigenvalue weighted by Gasteiger charge is 2.21. The highest BCUT2D eigenvalue weighted by molar-refractivity contribution is 7.99. The molecule has 0 aromatic heterocycles.